The van der Waals surface area contributed by atoms with Crippen molar-refractivity contribution in [2.45, 2.75) is 38.5 Å². The van der Waals surface area contributed by atoms with Crippen molar-refractivity contribution in [3.8, 4) is 0 Å². The van der Waals surface area contributed by atoms with E-state index in [0.717, 1.165) is 11.1 Å². The van der Waals surface area contributed by atoms with E-state index >= 15 is 0 Å². The summed E-state index contributed by atoms with van der Waals surface area (Å²) in [6.45, 7) is 3.97. The van der Waals surface area contributed by atoms with Crippen LogP contribution in [-0.4, -0.2) is 30.9 Å². The van der Waals surface area contributed by atoms with Gasteiger partial charge in [0.1, 0.15) is 5.78 Å². The van der Waals surface area contributed by atoms with Crippen LogP contribution in [-0.2, 0) is 23.9 Å². The molecule has 2 aliphatic rings. The maximum absolute atomic E-state index is 14.4. The smallest absolute Gasteiger partial charge is 0.334 e. The van der Waals surface area contributed by atoms with Crippen molar-refractivity contribution in [2.75, 3.05) is 13.2 Å². The number of ketones is 1. The Bertz CT molecular complexity index is 1010. The maximum atomic E-state index is 14.4. The fourth-order valence-electron chi connectivity index (χ4n) is 5.27. The van der Waals surface area contributed by atoms with Gasteiger partial charge in [-0.3, -0.25) is 4.79 Å². The van der Waals surface area contributed by atoms with Crippen LogP contribution < -0.4 is 0 Å². The molecule has 0 aromatic heterocycles. The first-order valence-corrected chi connectivity index (χ1v) is 11.9. The third-order valence-electron chi connectivity index (χ3n) is 6.75. The molecule has 0 spiro atoms. The molecule has 0 aliphatic heterocycles. The summed E-state index contributed by atoms with van der Waals surface area (Å²) in [5.41, 5.74) is 2.77. The predicted octanol–water partition coefficient (Wildman–Crippen LogP) is 5.14. The van der Waals surface area contributed by atoms with E-state index in [-0.39, 0.29) is 30.8 Å². The highest BCUT2D eigenvalue weighted by molar-refractivity contribution is 6.05. The van der Waals surface area contributed by atoms with Gasteiger partial charge in [0.15, 0.2) is 0 Å². The topological polar surface area (TPSA) is 69.7 Å². The molecule has 176 valence electrons. The number of esters is 2. The lowest BCUT2D eigenvalue weighted by atomic mass is 9.73. The van der Waals surface area contributed by atoms with Crippen LogP contribution in [0, 0.1) is 11.8 Å². The molecular weight excluding hydrogens is 428 g/mol. The molecule has 4 atom stereocenters. The molecule has 2 aromatic carbocycles. The van der Waals surface area contributed by atoms with E-state index in [1.54, 1.807) is 13.8 Å². The van der Waals surface area contributed by atoms with Gasteiger partial charge in [0.2, 0.25) is 0 Å². The number of rotatable bonds is 8. The number of carbonyl (C=O) groups is 3. The van der Waals surface area contributed by atoms with Crippen molar-refractivity contribution < 1.29 is 23.9 Å². The third kappa shape index (κ3) is 4.60. The van der Waals surface area contributed by atoms with E-state index in [1.807, 2.05) is 72.8 Å². The summed E-state index contributed by atoms with van der Waals surface area (Å²) >= 11 is 0. The Kier molecular flexibility index (Phi) is 7.41. The summed E-state index contributed by atoms with van der Waals surface area (Å²) in [5, 5.41) is 0. The minimum atomic E-state index is -0.686. The van der Waals surface area contributed by atoms with Gasteiger partial charge in [0.25, 0.3) is 0 Å². The third-order valence-corrected chi connectivity index (χ3v) is 6.75. The Labute approximate surface area is 200 Å². The van der Waals surface area contributed by atoms with Gasteiger partial charge in [0.05, 0.1) is 25.0 Å². The molecule has 0 amide bonds. The SMILES string of the molecule is CCOC(=O)C1=CC[C@H](c2ccccc2)[C@H]1C(=O)[C@H]1C(C(=O)OCC)=CC[C@@H]1c1ccccc1. The van der Waals surface area contributed by atoms with E-state index < -0.39 is 23.8 Å². The zero-order valence-corrected chi connectivity index (χ0v) is 19.6. The van der Waals surface area contributed by atoms with Crippen molar-refractivity contribution in [2.24, 2.45) is 11.8 Å². The summed E-state index contributed by atoms with van der Waals surface area (Å²) in [6.07, 6.45) is 4.79. The number of hydrogen-bond acceptors (Lipinski definition) is 5. The van der Waals surface area contributed by atoms with Gasteiger partial charge in [-0.15, -0.1) is 0 Å². The molecule has 2 aromatic rings. The van der Waals surface area contributed by atoms with E-state index in [9.17, 15) is 14.4 Å². The minimum absolute atomic E-state index is 0.128. The molecule has 0 saturated carbocycles. The van der Waals surface area contributed by atoms with Crippen molar-refractivity contribution in [1.82, 2.24) is 0 Å². The van der Waals surface area contributed by atoms with Gasteiger partial charge in [-0.25, -0.2) is 9.59 Å². The molecule has 0 radical (unpaired) electrons. The monoisotopic (exact) mass is 458 g/mol. The van der Waals surface area contributed by atoms with Crippen molar-refractivity contribution in [1.29, 1.82) is 0 Å². The average Bonchev–Trinajstić information content (AvgIpc) is 3.50. The Morgan fingerprint density at radius 2 is 1.06 bits per heavy atom. The number of allylic oxidation sites excluding steroid dienone is 2. The van der Waals surface area contributed by atoms with Crippen LogP contribution in [0.5, 0.6) is 0 Å². The molecule has 2 aliphatic carbocycles. The molecule has 0 bridgehead atoms. The van der Waals surface area contributed by atoms with E-state index in [2.05, 4.69) is 0 Å². The fourth-order valence-corrected chi connectivity index (χ4v) is 5.27. The van der Waals surface area contributed by atoms with Crippen LogP contribution in [0.15, 0.2) is 84.0 Å². The maximum Gasteiger partial charge on any atom is 0.334 e. The van der Waals surface area contributed by atoms with Crippen LogP contribution in [0.1, 0.15) is 49.7 Å². The molecule has 0 heterocycles. The average molecular weight is 459 g/mol. The fraction of sp³-hybridized carbons (Fsp3) is 0.345. The van der Waals surface area contributed by atoms with Crippen LogP contribution in [0.3, 0.4) is 0 Å². The molecule has 4 rings (SSSR count). The molecule has 0 fully saturated rings. The van der Waals surface area contributed by atoms with Gasteiger partial charge >= 0.3 is 11.9 Å². The zero-order valence-electron chi connectivity index (χ0n) is 19.6. The first-order chi connectivity index (χ1) is 16.6. The number of ether oxygens (including phenoxy) is 2. The number of hydrogen-bond donors (Lipinski definition) is 0. The van der Waals surface area contributed by atoms with Crippen LogP contribution in [0.2, 0.25) is 0 Å². The van der Waals surface area contributed by atoms with Crippen molar-refractivity contribution >= 4 is 17.7 Å². The lowest BCUT2D eigenvalue weighted by molar-refractivity contribution is -0.141. The van der Waals surface area contributed by atoms with Gasteiger partial charge in [0, 0.05) is 23.0 Å². The Hall–Kier alpha value is -3.47. The predicted molar refractivity (Wildman–Crippen MR) is 129 cm³/mol. The largest absolute Gasteiger partial charge is 0.463 e. The van der Waals surface area contributed by atoms with Crippen molar-refractivity contribution in [3.05, 3.63) is 95.1 Å². The Morgan fingerprint density at radius 1 is 0.676 bits per heavy atom. The summed E-state index contributed by atoms with van der Waals surface area (Å²) < 4.78 is 10.6. The molecule has 5 heteroatoms. The molecule has 0 unspecified atom stereocenters. The standard InChI is InChI=1S/C29H30O5/c1-3-33-28(31)23-17-15-21(19-11-7-5-8-12-19)25(23)27(30)26-22(20-13-9-6-10-14-20)16-18-24(26)29(32)34-4-2/h5-14,17-18,21-22,25-26H,3-4,15-16H2,1-2H3/t21-,22-,25-,26-/m1/s1. The summed E-state index contributed by atoms with van der Waals surface area (Å²) in [4.78, 5) is 40.1. The molecule has 34 heavy (non-hydrogen) atoms. The molecule has 0 saturated heterocycles. The Morgan fingerprint density at radius 3 is 1.41 bits per heavy atom. The highest BCUT2D eigenvalue weighted by atomic mass is 16.5. The van der Waals surface area contributed by atoms with Gasteiger partial charge in [-0.1, -0.05) is 72.8 Å². The molecule has 0 N–H and O–H groups in total. The second-order valence-electron chi connectivity index (χ2n) is 8.62. The summed E-state index contributed by atoms with van der Waals surface area (Å²) in [7, 11) is 0. The quantitative estimate of drug-likeness (QED) is 0.512. The molecular formula is C29H30O5. The van der Waals surface area contributed by atoms with Gasteiger partial charge < -0.3 is 9.47 Å². The van der Waals surface area contributed by atoms with E-state index in [0.29, 0.717) is 24.0 Å². The minimum Gasteiger partial charge on any atom is -0.463 e. The second-order valence-corrected chi connectivity index (χ2v) is 8.62. The number of benzene rings is 2. The molecule has 5 nitrogen and oxygen atoms in total. The number of Topliss-reactive ketones (excluding diaryl/α,β-unsaturated/α-hetero) is 1. The van der Waals surface area contributed by atoms with Gasteiger partial charge in [-0.2, -0.15) is 0 Å². The number of carbonyl (C=O) groups excluding carboxylic acids is 3. The van der Waals surface area contributed by atoms with Crippen LogP contribution >= 0.6 is 0 Å². The normalized spacial score (nSPS) is 23.7. The zero-order chi connectivity index (χ0) is 24.1. The summed E-state index contributed by atoms with van der Waals surface area (Å²) in [6, 6.07) is 19.5. The highest BCUT2D eigenvalue weighted by Crippen LogP contribution is 2.48. The second kappa shape index (κ2) is 10.6. The van der Waals surface area contributed by atoms with Crippen LogP contribution in [0.4, 0.5) is 0 Å². The first-order valence-electron chi connectivity index (χ1n) is 11.9. The van der Waals surface area contributed by atoms with Crippen LogP contribution in [0.25, 0.3) is 0 Å². The highest BCUT2D eigenvalue weighted by Gasteiger charge is 2.48. The van der Waals surface area contributed by atoms with E-state index in [1.165, 1.54) is 0 Å². The summed E-state index contributed by atoms with van der Waals surface area (Å²) in [5.74, 6) is -2.80. The van der Waals surface area contributed by atoms with Crippen molar-refractivity contribution in [3.63, 3.8) is 0 Å². The Balaban J connectivity index is 1.76. The first kappa shape index (κ1) is 23.7. The lowest BCUT2D eigenvalue weighted by Crippen LogP contribution is -2.34. The van der Waals surface area contributed by atoms with E-state index in [4.69, 9.17) is 9.47 Å². The lowest BCUT2D eigenvalue weighted by Gasteiger charge is -2.29. The van der Waals surface area contributed by atoms with Gasteiger partial charge in [-0.05, 0) is 37.8 Å².